The van der Waals surface area contributed by atoms with Crippen LogP contribution in [0.1, 0.15) is 5.56 Å². The van der Waals surface area contributed by atoms with Crippen molar-refractivity contribution in [2.75, 3.05) is 17.7 Å². The van der Waals surface area contributed by atoms with Crippen LogP contribution in [0.2, 0.25) is 0 Å². The lowest BCUT2D eigenvalue weighted by atomic mass is 10.2. The Kier molecular flexibility index (Phi) is 3.64. The zero-order valence-corrected chi connectivity index (χ0v) is 10.3. The van der Waals surface area contributed by atoms with Crippen LogP contribution in [0, 0.1) is 17.5 Å². The second kappa shape index (κ2) is 5.22. The van der Waals surface area contributed by atoms with E-state index in [9.17, 15) is 13.2 Å². The third-order valence-corrected chi connectivity index (χ3v) is 2.80. The quantitative estimate of drug-likeness (QED) is 0.863. The molecular formula is C14H13F3N2. The van der Waals surface area contributed by atoms with E-state index >= 15 is 0 Å². The molecule has 2 nitrogen and oxygen atoms in total. The summed E-state index contributed by atoms with van der Waals surface area (Å²) in [4.78, 5) is 1.74. The van der Waals surface area contributed by atoms with E-state index in [0.29, 0.717) is 23.5 Å². The van der Waals surface area contributed by atoms with Crippen LogP contribution < -0.4 is 10.6 Å². The van der Waals surface area contributed by atoms with Crippen LogP contribution in [0.3, 0.4) is 0 Å². The summed E-state index contributed by atoms with van der Waals surface area (Å²) < 4.78 is 38.9. The molecule has 0 spiro atoms. The van der Waals surface area contributed by atoms with Crippen molar-refractivity contribution in [3.63, 3.8) is 0 Å². The molecule has 5 heteroatoms. The highest BCUT2D eigenvalue weighted by Crippen LogP contribution is 2.24. The minimum Gasteiger partial charge on any atom is -0.397 e. The molecule has 0 unspecified atom stereocenters. The first-order valence-electron chi connectivity index (χ1n) is 5.67. The van der Waals surface area contributed by atoms with Gasteiger partial charge in [-0.25, -0.2) is 13.2 Å². The summed E-state index contributed by atoms with van der Waals surface area (Å²) in [5.41, 5.74) is 7.24. The second-order valence-electron chi connectivity index (χ2n) is 4.31. The molecule has 2 rings (SSSR count). The summed E-state index contributed by atoms with van der Waals surface area (Å²) in [6, 6.07) is 7.77. The summed E-state index contributed by atoms with van der Waals surface area (Å²) >= 11 is 0. The molecule has 0 aliphatic carbocycles. The first-order chi connectivity index (χ1) is 8.97. The van der Waals surface area contributed by atoms with Gasteiger partial charge in [0.1, 0.15) is 5.82 Å². The molecule has 0 radical (unpaired) electrons. The fourth-order valence-electron chi connectivity index (χ4n) is 1.87. The Bertz CT molecular complexity index is 599. The van der Waals surface area contributed by atoms with Gasteiger partial charge >= 0.3 is 0 Å². The van der Waals surface area contributed by atoms with E-state index in [1.54, 1.807) is 18.0 Å². The average Bonchev–Trinajstić information content (AvgIpc) is 2.33. The predicted molar refractivity (Wildman–Crippen MR) is 69.3 cm³/mol. The molecule has 0 aliphatic heterocycles. The molecule has 19 heavy (non-hydrogen) atoms. The number of nitrogens with zero attached hydrogens (tertiary/aromatic N) is 1. The van der Waals surface area contributed by atoms with Crippen molar-refractivity contribution in [3.05, 3.63) is 59.4 Å². The molecule has 2 aromatic rings. The van der Waals surface area contributed by atoms with Crippen molar-refractivity contribution in [3.8, 4) is 0 Å². The van der Waals surface area contributed by atoms with Crippen LogP contribution in [0.25, 0.3) is 0 Å². The topological polar surface area (TPSA) is 29.3 Å². The van der Waals surface area contributed by atoms with Gasteiger partial charge in [0, 0.05) is 13.6 Å². The van der Waals surface area contributed by atoms with E-state index in [0.717, 1.165) is 12.1 Å². The molecule has 100 valence electrons. The summed E-state index contributed by atoms with van der Waals surface area (Å²) in [7, 11) is 1.74. The van der Waals surface area contributed by atoms with E-state index in [1.807, 2.05) is 0 Å². The summed E-state index contributed by atoms with van der Waals surface area (Å²) in [5.74, 6) is -2.19. The third-order valence-electron chi connectivity index (χ3n) is 2.80. The van der Waals surface area contributed by atoms with Crippen molar-refractivity contribution in [1.82, 2.24) is 0 Å². The number of nitrogens with two attached hydrogens (primary N) is 1. The van der Waals surface area contributed by atoms with Gasteiger partial charge in [0.2, 0.25) is 0 Å². The highest BCUT2D eigenvalue weighted by atomic mass is 19.2. The Morgan fingerprint density at radius 3 is 2.37 bits per heavy atom. The zero-order valence-electron chi connectivity index (χ0n) is 10.3. The normalized spacial score (nSPS) is 10.5. The van der Waals surface area contributed by atoms with E-state index < -0.39 is 17.5 Å². The number of benzene rings is 2. The Labute approximate surface area is 109 Å². The first-order valence-corrected chi connectivity index (χ1v) is 5.67. The summed E-state index contributed by atoms with van der Waals surface area (Å²) in [5, 5.41) is 0. The zero-order chi connectivity index (χ0) is 14.0. The smallest absolute Gasteiger partial charge is 0.159 e. The number of halogens is 3. The molecule has 0 aromatic heterocycles. The van der Waals surface area contributed by atoms with E-state index in [1.165, 1.54) is 18.2 Å². The van der Waals surface area contributed by atoms with Crippen LogP contribution in [-0.4, -0.2) is 7.05 Å². The monoisotopic (exact) mass is 266 g/mol. The van der Waals surface area contributed by atoms with Gasteiger partial charge in [-0.3, -0.25) is 0 Å². The maximum Gasteiger partial charge on any atom is 0.159 e. The SMILES string of the molecule is CN(Cc1ccc(F)c(F)c1)c1ccc(F)cc1N. The van der Waals surface area contributed by atoms with Crippen LogP contribution >= 0.6 is 0 Å². The Morgan fingerprint density at radius 1 is 1.00 bits per heavy atom. The highest BCUT2D eigenvalue weighted by Gasteiger charge is 2.09. The molecular weight excluding hydrogens is 253 g/mol. The Hall–Kier alpha value is -2.17. The maximum atomic E-state index is 13.1. The Morgan fingerprint density at radius 2 is 1.74 bits per heavy atom. The first kappa shape index (κ1) is 13.3. The molecule has 0 bridgehead atoms. The minimum absolute atomic E-state index is 0.296. The molecule has 0 aliphatic rings. The van der Waals surface area contributed by atoms with Gasteiger partial charge in [-0.2, -0.15) is 0 Å². The van der Waals surface area contributed by atoms with Crippen molar-refractivity contribution in [1.29, 1.82) is 0 Å². The van der Waals surface area contributed by atoms with Crippen molar-refractivity contribution < 1.29 is 13.2 Å². The van der Waals surface area contributed by atoms with Gasteiger partial charge in [-0.15, -0.1) is 0 Å². The fraction of sp³-hybridized carbons (Fsp3) is 0.143. The molecule has 0 fully saturated rings. The molecule has 2 aromatic carbocycles. The van der Waals surface area contributed by atoms with Crippen LogP contribution in [0.5, 0.6) is 0 Å². The summed E-state index contributed by atoms with van der Waals surface area (Å²) in [6.07, 6.45) is 0. The predicted octanol–water partition coefficient (Wildman–Crippen LogP) is 3.32. The maximum absolute atomic E-state index is 13.1. The average molecular weight is 266 g/mol. The van der Waals surface area contributed by atoms with Crippen LogP contribution in [0.15, 0.2) is 36.4 Å². The second-order valence-corrected chi connectivity index (χ2v) is 4.31. The molecule has 0 atom stereocenters. The van der Waals surface area contributed by atoms with Gasteiger partial charge in [0.05, 0.1) is 11.4 Å². The van der Waals surface area contributed by atoms with E-state index in [-0.39, 0.29) is 0 Å². The van der Waals surface area contributed by atoms with Gasteiger partial charge in [-0.05, 0) is 35.9 Å². The molecule has 0 saturated carbocycles. The Balaban J connectivity index is 2.20. The van der Waals surface area contributed by atoms with Crippen molar-refractivity contribution in [2.24, 2.45) is 0 Å². The minimum atomic E-state index is -0.891. The van der Waals surface area contributed by atoms with Gasteiger partial charge in [0.25, 0.3) is 0 Å². The molecule has 0 saturated heterocycles. The number of rotatable bonds is 3. The highest BCUT2D eigenvalue weighted by molar-refractivity contribution is 5.67. The fourth-order valence-corrected chi connectivity index (χ4v) is 1.87. The standard InChI is InChI=1S/C14H13F3N2/c1-19(14-5-3-10(15)7-13(14)18)8-9-2-4-11(16)12(17)6-9/h2-7H,8,18H2,1H3. The van der Waals surface area contributed by atoms with Crippen molar-refractivity contribution in [2.45, 2.75) is 6.54 Å². The summed E-state index contributed by atoms with van der Waals surface area (Å²) in [6.45, 7) is 0.340. The number of hydrogen-bond donors (Lipinski definition) is 1. The van der Waals surface area contributed by atoms with Crippen LogP contribution in [-0.2, 0) is 6.54 Å². The lowest BCUT2D eigenvalue weighted by molar-refractivity contribution is 0.507. The lowest BCUT2D eigenvalue weighted by Crippen LogP contribution is -2.18. The number of anilines is 2. The van der Waals surface area contributed by atoms with Crippen molar-refractivity contribution >= 4 is 11.4 Å². The van der Waals surface area contributed by atoms with Gasteiger partial charge in [-0.1, -0.05) is 6.07 Å². The molecule has 0 amide bonds. The van der Waals surface area contributed by atoms with Gasteiger partial charge in [0.15, 0.2) is 11.6 Å². The van der Waals surface area contributed by atoms with Crippen LogP contribution in [0.4, 0.5) is 24.5 Å². The molecule has 2 N–H and O–H groups in total. The van der Waals surface area contributed by atoms with E-state index in [2.05, 4.69) is 0 Å². The lowest BCUT2D eigenvalue weighted by Gasteiger charge is -2.21. The van der Waals surface area contributed by atoms with Gasteiger partial charge < -0.3 is 10.6 Å². The van der Waals surface area contributed by atoms with E-state index in [4.69, 9.17) is 5.73 Å². The molecule has 0 heterocycles. The number of hydrogen-bond acceptors (Lipinski definition) is 2. The number of nitrogen functional groups attached to an aromatic ring is 1. The third kappa shape index (κ3) is 2.99. The largest absolute Gasteiger partial charge is 0.397 e.